The number of alkyl halides is 3. The summed E-state index contributed by atoms with van der Waals surface area (Å²) in [5, 5.41) is 0.744. The first-order valence-corrected chi connectivity index (χ1v) is 7.52. The van der Waals surface area contributed by atoms with E-state index in [2.05, 4.69) is 0 Å². The van der Waals surface area contributed by atoms with E-state index in [4.69, 9.17) is 9.15 Å². The molecule has 0 spiro atoms. The highest BCUT2D eigenvalue weighted by molar-refractivity contribution is 5.97. The minimum absolute atomic E-state index is 0.166. The zero-order valence-electron chi connectivity index (χ0n) is 13.1. The summed E-state index contributed by atoms with van der Waals surface area (Å²) in [6.45, 7) is -0.0906. The fourth-order valence-corrected chi connectivity index (χ4v) is 2.82. The van der Waals surface area contributed by atoms with Crippen LogP contribution in [-0.2, 0) is 0 Å². The standard InChI is InChI=1S/C16H17F3N2O3/c1-23-12-4-2-3-11-9-13(24-14(11)12)15(22)21-7-5-20(6-8-21)10-16(17,18)19/h2-4,9H,5-8,10H2,1H3. The van der Waals surface area contributed by atoms with Crippen molar-refractivity contribution < 1.29 is 27.1 Å². The van der Waals surface area contributed by atoms with Crippen LogP contribution in [0.5, 0.6) is 5.75 Å². The lowest BCUT2D eigenvalue weighted by atomic mass is 10.2. The Labute approximate surface area is 136 Å². The highest BCUT2D eigenvalue weighted by atomic mass is 19.4. The maximum atomic E-state index is 12.5. The number of fused-ring (bicyclic) bond motifs is 1. The predicted octanol–water partition coefficient (Wildman–Crippen LogP) is 2.76. The molecule has 1 saturated heterocycles. The van der Waals surface area contributed by atoms with Gasteiger partial charge in [-0.2, -0.15) is 13.2 Å². The molecule has 1 aromatic heterocycles. The average Bonchev–Trinajstić information content (AvgIpc) is 2.97. The molecule has 0 saturated carbocycles. The van der Waals surface area contributed by atoms with E-state index in [1.165, 1.54) is 16.9 Å². The quantitative estimate of drug-likeness (QED) is 0.861. The van der Waals surface area contributed by atoms with Crippen molar-refractivity contribution in [1.82, 2.24) is 9.80 Å². The van der Waals surface area contributed by atoms with Gasteiger partial charge in [0.15, 0.2) is 17.1 Å². The molecule has 8 heteroatoms. The average molecular weight is 342 g/mol. The van der Waals surface area contributed by atoms with Gasteiger partial charge < -0.3 is 14.1 Å². The smallest absolute Gasteiger partial charge is 0.401 e. The molecule has 24 heavy (non-hydrogen) atoms. The van der Waals surface area contributed by atoms with Gasteiger partial charge in [-0.15, -0.1) is 0 Å². The zero-order valence-corrected chi connectivity index (χ0v) is 13.1. The molecular formula is C16H17F3N2O3. The van der Waals surface area contributed by atoms with E-state index in [0.717, 1.165) is 5.39 Å². The van der Waals surface area contributed by atoms with Crippen molar-refractivity contribution in [2.75, 3.05) is 39.8 Å². The number of benzene rings is 1. The Hall–Kier alpha value is -2.22. The van der Waals surface area contributed by atoms with Gasteiger partial charge in [0.05, 0.1) is 13.7 Å². The van der Waals surface area contributed by atoms with Gasteiger partial charge in [-0.3, -0.25) is 9.69 Å². The number of ether oxygens (including phenoxy) is 1. The van der Waals surface area contributed by atoms with E-state index in [1.54, 1.807) is 24.3 Å². The van der Waals surface area contributed by atoms with Crippen molar-refractivity contribution >= 4 is 16.9 Å². The summed E-state index contributed by atoms with van der Waals surface area (Å²) in [6.07, 6.45) is -4.22. The highest BCUT2D eigenvalue weighted by Crippen LogP contribution is 2.29. The van der Waals surface area contributed by atoms with Crippen LogP contribution in [0.15, 0.2) is 28.7 Å². The van der Waals surface area contributed by atoms with Crippen molar-refractivity contribution in [3.05, 3.63) is 30.0 Å². The highest BCUT2D eigenvalue weighted by Gasteiger charge is 2.33. The van der Waals surface area contributed by atoms with E-state index in [0.29, 0.717) is 11.3 Å². The van der Waals surface area contributed by atoms with Crippen molar-refractivity contribution in [1.29, 1.82) is 0 Å². The fourth-order valence-electron chi connectivity index (χ4n) is 2.82. The van der Waals surface area contributed by atoms with Crippen molar-refractivity contribution in [3.63, 3.8) is 0 Å². The summed E-state index contributed by atoms with van der Waals surface area (Å²) < 4.78 is 48.0. The third kappa shape index (κ3) is 3.48. The van der Waals surface area contributed by atoms with Gasteiger partial charge >= 0.3 is 6.18 Å². The van der Waals surface area contributed by atoms with Crippen LogP contribution in [0.4, 0.5) is 13.2 Å². The first kappa shape index (κ1) is 16.6. The Morgan fingerprint density at radius 3 is 2.58 bits per heavy atom. The van der Waals surface area contributed by atoms with Crippen molar-refractivity contribution in [2.45, 2.75) is 6.18 Å². The topological polar surface area (TPSA) is 45.9 Å². The minimum Gasteiger partial charge on any atom is -0.493 e. The molecule has 130 valence electrons. The van der Waals surface area contributed by atoms with Gasteiger partial charge in [-0.1, -0.05) is 12.1 Å². The van der Waals surface area contributed by atoms with Crippen LogP contribution in [-0.4, -0.2) is 61.7 Å². The number of para-hydroxylation sites is 1. The molecule has 0 atom stereocenters. The number of halogens is 3. The molecule has 1 amide bonds. The second-order valence-corrected chi connectivity index (χ2v) is 5.67. The number of nitrogens with zero attached hydrogens (tertiary/aromatic N) is 2. The molecule has 1 aromatic carbocycles. The number of furan rings is 1. The van der Waals surface area contributed by atoms with E-state index in [-0.39, 0.29) is 37.8 Å². The number of amides is 1. The van der Waals surface area contributed by atoms with Gasteiger partial charge in [-0.25, -0.2) is 0 Å². The Bertz CT molecular complexity index is 734. The molecule has 0 bridgehead atoms. The normalized spacial score (nSPS) is 16.6. The van der Waals surface area contributed by atoms with E-state index < -0.39 is 12.7 Å². The van der Waals surface area contributed by atoms with Crippen molar-refractivity contribution in [3.8, 4) is 5.75 Å². The maximum absolute atomic E-state index is 12.5. The molecule has 1 aliphatic rings. The van der Waals surface area contributed by atoms with Crippen LogP contribution in [0.3, 0.4) is 0 Å². The summed E-state index contributed by atoms with van der Waals surface area (Å²) in [5.41, 5.74) is 0.485. The predicted molar refractivity (Wildman–Crippen MR) is 81.2 cm³/mol. The largest absolute Gasteiger partial charge is 0.493 e. The van der Waals surface area contributed by atoms with Crippen LogP contribution >= 0.6 is 0 Å². The minimum atomic E-state index is -4.22. The molecule has 1 aliphatic heterocycles. The van der Waals surface area contributed by atoms with Crippen LogP contribution in [0.1, 0.15) is 10.6 Å². The molecule has 0 N–H and O–H groups in total. The number of rotatable bonds is 3. The summed E-state index contributed by atoms with van der Waals surface area (Å²) in [5.74, 6) is 0.375. The Kier molecular flexibility index (Phi) is 4.40. The number of hydrogen-bond donors (Lipinski definition) is 0. The summed E-state index contributed by atoms with van der Waals surface area (Å²) in [7, 11) is 1.51. The molecule has 0 unspecified atom stereocenters. The molecule has 1 fully saturated rings. The molecule has 2 heterocycles. The lowest BCUT2D eigenvalue weighted by molar-refractivity contribution is -0.148. The first-order valence-electron chi connectivity index (χ1n) is 7.52. The second kappa shape index (κ2) is 6.35. The molecule has 2 aromatic rings. The number of piperazine rings is 1. The SMILES string of the molecule is COc1cccc2cc(C(=O)N3CCN(CC(F)(F)F)CC3)oc12. The number of carbonyl (C=O) groups is 1. The lowest BCUT2D eigenvalue weighted by Crippen LogP contribution is -2.50. The summed E-state index contributed by atoms with van der Waals surface area (Å²) >= 11 is 0. The molecule has 0 radical (unpaired) electrons. The van der Waals surface area contributed by atoms with Gasteiger partial charge in [-0.05, 0) is 12.1 Å². The Morgan fingerprint density at radius 2 is 1.96 bits per heavy atom. The van der Waals surface area contributed by atoms with E-state index in [1.807, 2.05) is 0 Å². The molecular weight excluding hydrogens is 325 g/mol. The van der Waals surface area contributed by atoms with E-state index in [9.17, 15) is 18.0 Å². The zero-order chi connectivity index (χ0) is 17.3. The van der Waals surface area contributed by atoms with Crippen molar-refractivity contribution in [2.24, 2.45) is 0 Å². The van der Waals surface area contributed by atoms with Gasteiger partial charge in [0.25, 0.3) is 5.91 Å². The molecule has 0 aliphatic carbocycles. The first-order chi connectivity index (χ1) is 11.4. The Morgan fingerprint density at radius 1 is 1.25 bits per heavy atom. The van der Waals surface area contributed by atoms with E-state index >= 15 is 0 Å². The fraction of sp³-hybridized carbons (Fsp3) is 0.438. The van der Waals surface area contributed by atoms with Gasteiger partial charge in [0, 0.05) is 31.6 Å². The Balaban J connectivity index is 1.70. The number of carbonyl (C=O) groups excluding carboxylic acids is 1. The van der Waals surface area contributed by atoms with Crippen LogP contribution in [0, 0.1) is 0 Å². The number of hydrogen-bond acceptors (Lipinski definition) is 4. The third-order valence-corrected chi connectivity index (χ3v) is 4.00. The van der Waals surface area contributed by atoms with Gasteiger partial charge in [0.2, 0.25) is 0 Å². The summed E-state index contributed by atoms with van der Waals surface area (Å²) in [6, 6.07) is 6.96. The molecule has 3 rings (SSSR count). The van der Waals surface area contributed by atoms with Crippen LogP contribution < -0.4 is 4.74 Å². The third-order valence-electron chi connectivity index (χ3n) is 4.00. The van der Waals surface area contributed by atoms with Crippen LogP contribution in [0.25, 0.3) is 11.0 Å². The summed E-state index contributed by atoms with van der Waals surface area (Å²) in [4.78, 5) is 15.3. The maximum Gasteiger partial charge on any atom is 0.401 e. The lowest BCUT2D eigenvalue weighted by Gasteiger charge is -2.34. The molecule has 5 nitrogen and oxygen atoms in total. The van der Waals surface area contributed by atoms with Gasteiger partial charge in [0.1, 0.15) is 0 Å². The monoisotopic (exact) mass is 342 g/mol. The number of methoxy groups -OCH3 is 1. The van der Waals surface area contributed by atoms with Crippen LogP contribution in [0.2, 0.25) is 0 Å². The second-order valence-electron chi connectivity index (χ2n) is 5.67.